The third-order valence-electron chi connectivity index (χ3n) is 2.43. The van der Waals surface area contributed by atoms with Crippen LogP contribution in [0.25, 0.3) is 0 Å². The maximum atomic E-state index is 5.41. The second kappa shape index (κ2) is 16.8. The fraction of sp³-hybridized carbons (Fsp3) is 1.00. The molecule has 0 atom stereocenters. The lowest BCUT2D eigenvalue weighted by Crippen LogP contribution is -2.21. The van der Waals surface area contributed by atoms with E-state index in [1.54, 1.807) is 14.2 Å². The van der Waals surface area contributed by atoms with Crippen LogP contribution in [0.4, 0.5) is 0 Å². The summed E-state index contributed by atoms with van der Waals surface area (Å²) in [5.41, 5.74) is 0. The van der Waals surface area contributed by atoms with Gasteiger partial charge < -0.3 is 24.3 Å². The van der Waals surface area contributed by atoms with Crippen LogP contribution >= 0.6 is 0 Å². The van der Waals surface area contributed by atoms with Crippen molar-refractivity contribution in [2.75, 3.05) is 67.0 Å². The molecule has 0 fully saturated rings. The minimum atomic E-state index is 0.638. The predicted octanol–water partition coefficient (Wildman–Crippen LogP) is 1.07. The molecule has 0 heterocycles. The predicted molar refractivity (Wildman–Crippen MR) is 72.1 cm³/mol. The van der Waals surface area contributed by atoms with Crippen LogP contribution in [-0.4, -0.2) is 67.0 Å². The van der Waals surface area contributed by atoms with Gasteiger partial charge in [0, 0.05) is 27.4 Å². The van der Waals surface area contributed by atoms with Crippen molar-refractivity contribution in [3.63, 3.8) is 0 Å². The third kappa shape index (κ3) is 15.8. The molecule has 0 aromatic carbocycles. The fourth-order valence-electron chi connectivity index (χ4n) is 1.41. The van der Waals surface area contributed by atoms with Crippen molar-refractivity contribution >= 4 is 0 Å². The standard InChI is InChI=1S/C13H29NO4/c1-15-8-5-3-4-6-14-7-9-17-12-13-18-11-10-16-2/h14H,3-13H2,1-2H3. The largest absolute Gasteiger partial charge is 0.385 e. The molecule has 0 unspecified atom stereocenters. The lowest BCUT2D eigenvalue weighted by atomic mass is 10.2. The molecule has 18 heavy (non-hydrogen) atoms. The van der Waals surface area contributed by atoms with Gasteiger partial charge in [-0.2, -0.15) is 0 Å². The van der Waals surface area contributed by atoms with Crippen molar-refractivity contribution in [2.24, 2.45) is 0 Å². The van der Waals surface area contributed by atoms with Crippen LogP contribution in [-0.2, 0) is 18.9 Å². The van der Waals surface area contributed by atoms with Gasteiger partial charge >= 0.3 is 0 Å². The summed E-state index contributed by atoms with van der Waals surface area (Å²) in [5.74, 6) is 0. The highest BCUT2D eigenvalue weighted by molar-refractivity contribution is 4.48. The fourth-order valence-corrected chi connectivity index (χ4v) is 1.41. The van der Waals surface area contributed by atoms with E-state index in [0.29, 0.717) is 26.4 Å². The van der Waals surface area contributed by atoms with E-state index in [1.165, 1.54) is 12.8 Å². The van der Waals surface area contributed by atoms with E-state index in [4.69, 9.17) is 18.9 Å². The van der Waals surface area contributed by atoms with Crippen LogP contribution in [0, 0.1) is 0 Å². The highest BCUT2D eigenvalue weighted by atomic mass is 16.5. The molecule has 5 nitrogen and oxygen atoms in total. The maximum absolute atomic E-state index is 5.41. The van der Waals surface area contributed by atoms with Gasteiger partial charge in [-0.05, 0) is 25.8 Å². The van der Waals surface area contributed by atoms with Crippen molar-refractivity contribution in [3.05, 3.63) is 0 Å². The number of unbranched alkanes of at least 4 members (excludes halogenated alkanes) is 2. The van der Waals surface area contributed by atoms with E-state index in [0.717, 1.165) is 32.7 Å². The number of ether oxygens (including phenoxy) is 4. The van der Waals surface area contributed by atoms with Gasteiger partial charge in [0.05, 0.1) is 33.0 Å². The Labute approximate surface area is 111 Å². The van der Waals surface area contributed by atoms with Gasteiger partial charge in [-0.15, -0.1) is 0 Å². The summed E-state index contributed by atoms with van der Waals surface area (Å²) in [4.78, 5) is 0. The summed E-state index contributed by atoms with van der Waals surface area (Å²) >= 11 is 0. The van der Waals surface area contributed by atoms with Gasteiger partial charge in [-0.1, -0.05) is 0 Å². The summed E-state index contributed by atoms with van der Waals surface area (Å²) in [7, 11) is 3.41. The topological polar surface area (TPSA) is 49.0 Å². The van der Waals surface area contributed by atoms with Crippen LogP contribution in [0.2, 0.25) is 0 Å². The second-order valence-electron chi connectivity index (χ2n) is 4.02. The molecule has 0 spiro atoms. The number of nitrogens with one attached hydrogen (secondary N) is 1. The summed E-state index contributed by atoms with van der Waals surface area (Å²) in [6.07, 6.45) is 3.56. The Bertz CT molecular complexity index is 131. The number of hydrogen-bond acceptors (Lipinski definition) is 5. The summed E-state index contributed by atoms with van der Waals surface area (Å²) in [6, 6.07) is 0. The molecular weight excluding hydrogens is 234 g/mol. The molecule has 0 amide bonds. The van der Waals surface area contributed by atoms with Gasteiger partial charge in [-0.25, -0.2) is 0 Å². The zero-order valence-corrected chi connectivity index (χ0v) is 11.9. The van der Waals surface area contributed by atoms with E-state index in [9.17, 15) is 0 Å². The Morgan fingerprint density at radius 1 is 0.611 bits per heavy atom. The summed E-state index contributed by atoms with van der Waals surface area (Å²) in [6.45, 7) is 6.14. The molecule has 0 saturated heterocycles. The monoisotopic (exact) mass is 263 g/mol. The zero-order chi connectivity index (χ0) is 13.3. The van der Waals surface area contributed by atoms with Crippen LogP contribution in [0.5, 0.6) is 0 Å². The van der Waals surface area contributed by atoms with Crippen molar-refractivity contribution in [1.29, 1.82) is 0 Å². The maximum Gasteiger partial charge on any atom is 0.0701 e. The van der Waals surface area contributed by atoms with Gasteiger partial charge in [0.15, 0.2) is 0 Å². The lowest BCUT2D eigenvalue weighted by Gasteiger charge is -2.07. The van der Waals surface area contributed by atoms with Gasteiger partial charge in [0.25, 0.3) is 0 Å². The molecule has 1 N–H and O–H groups in total. The van der Waals surface area contributed by atoms with Gasteiger partial charge in [0.2, 0.25) is 0 Å². The first kappa shape index (κ1) is 17.8. The highest BCUT2D eigenvalue weighted by Gasteiger charge is 1.92. The first-order chi connectivity index (χ1) is 8.91. The normalized spacial score (nSPS) is 11.0. The van der Waals surface area contributed by atoms with Crippen LogP contribution in [0.1, 0.15) is 19.3 Å². The zero-order valence-electron chi connectivity index (χ0n) is 11.9. The van der Waals surface area contributed by atoms with Crippen molar-refractivity contribution in [1.82, 2.24) is 5.32 Å². The first-order valence-electron chi connectivity index (χ1n) is 6.76. The van der Waals surface area contributed by atoms with E-state index < -0.39 is 0 Å². The van der Waals surface area contributed by atoms with E-state index in [2.05, 4.69) is 5.32 Å². The highest BCUT2D eigenvalue weighted by Crippen LogP contribution is 1.93. The average Bonchev–Trinajstić information content (AvgIpc) is 2.39. The Balaban J connectivity index is 2.86. The SMILES string of the molecule is COCCCCCNCCOCCOCCOC. The van der Waals surface area contributed by atoms with E-state index in [-0.39, 0.29) is 0 Å². The van der Waals surface area contributed by atoms with Gasteiger partial charge in [0.1, 0.15) is 0 Å². The van der Waals surface area contributed by atoms with Crippen molar-refractivity contribution in [3.8, 4) is 0 Å². The van der Waals surface area contributed by atoms with E-state index in [1.807, 2.05) is 0 Å². The van der Waals surface area contributed by atoms with Crippen molar-refractivity contribution in [2.45, 2.75) is 19.3 Å². The summed E-state index contributed by atoms with van der Waals surface area (Å²) in [5, 5.41) is 3.35. The second-order valence-corrected chi connectivity index (χ2v) is 4.02. The first-order valence-corrected chi connectivity index (χ1v) is 6.76. The Morgan fingerprint density at radius 3 is 2.00 bits per heavy atom. The number of rotatable bonds is 15. The third-order valence-corrected chi connectivity index (χ3v) is 2.43. The quantitative estimate of drug-likeness (QED) is 0.448. The molecule has 0 saturated carbocycles. The summed E-state index contributed by atoms with van der Waals surface area (Å²) < 4.78 is 20.5. The molecule has 0 aromatic heterocycles. The van der Waals surface area contributed by atoms with Crippen molar-refractivity contribution < 1.29 is 18.9 Å². The molecule has 0 aliphatic carbocycles. The van der Waals surface area contributed by atoms with Crippen LogP contribution < -0.4 is 5.32 Å². The van der Waals surface area contributed by atoms with E-state index >= 15 is 0 Å². The van der Waals surface area contributed by atoms with Gasteiger partial charge in [-0.3, -0.25) is 0 Å². The van der Waals surface area contributed by atoms with Crippen LogP contribution in [0.3, 0.4) is 0 Å². The minimum Gasteiger partial charge on any atom is -0.385 e. The molecular formula is C13H29NO4. The molecule has 5 heteroatoms. The molecule has 0 rings (SSSR count). The lowest BCUT2D eigenvalue weighted by molar-refractivity contribution is 0.0256. The van der Waals surface area contributed by atoms with Crippen LogP contribution in [0.15, 0.2) is 0 Å². The molecule has 0 bridgehead atoms. The molecule has 0 aliphatic rings. The number of hydrogen-bond donors (Lipinski definition) is 1. The minimum absolute atomic E-state index is 0.638. The molecule has 110 valence electrons. The smallest absolute Gasteiger partial charge is 0.0701 e. The molecule has 0 aliphatic heterocycles. The molecule has 0 aromatic rings. The Morgan fingerprint density at radius 2 is 1.28 bits per heavy atom. The number of methoxy groups -OCH3 is 2. The average molecular weight is 263 g/mol. The Kier molecular flexibility index (Phi) is 16.6. The Hall–Kier alpha value is -0.200. The molecule has 0 radical (unpaired) electrons.